The molecule has 0 amide bonds. The van der Waals surface area contributed by atoms with Gasteiger partial charge in [-0.05, 0) is 12.8 Å². The summed E-state index contributed by atoms with van der Waals surface area (Å²) in [5.41, 5.74) is 0. The minimum Gasteiger partial charge on any atom is -0.379 e. The Morgan fingerprint density at radius 3 is 1.20 bits per heavy atom. The lowest BCUT2D eigenvalue weighted by molar-refractivity contribution is -0.461. The van der Waals surface area contributed by atoms with Crippen molar-refractivity contribution in [2.24, 2.45) is 0 Å². The monoisotopic (exact) mass is 646 g/mol. The molecule has 0 radical (unpaired) electrons. The summed E-state index contributed by atoms with van der Waals surface area (Å²) < 4.78 is 235. The molecule has 0 saturated carbocycles. The van der Waals surface area contributed by atoms with Gasteiger partial charge in [-0.15, -0.1) is 0 Å². The van der Waals surface area contributed by atoms with Crippen LogP contribution in [0.5, 0.6) is 0 Å². The number of hydrogen-bond acceptors (Lipinski definition) is 2. The van der Waals surface area contributed by atoms with Crippen molar-refractivity contribution in [1.29, 1.82) is 0 Å². The third kappa shape index (κ3) is 7.82. The highest BCUT2D eigenvalue weighted by Crippen LogP contribution is 2.64. The quantitative estimate of drug-likeness (QED) is 0.0748. The molecule has 0 aromatic heterocycles. The average molecular weight is 646 g/mol. The van der Waals surface area contributed by atoms with Gasteiger partial charge in [0, 0.05) is 13.0 Å². The van der Waals surface area contributed by atoms with Gasteiger partial charge in [0.2, 0.25) is 0 Å². The molecule has 246 valence electrons. The Hall–Kier alpha value is -1.27. The topological polar surface area (TPSA) is 21.8 Å². The van der Waals surface area contributed by atoms with Gasteiger partial charge in [0.1, 0.15) is 6.10 Å². The van der Waals surface area contributed by atoms with Crippen LogP contribution in [0.25, 0.3) is 0 Å². The lowest BCUT2D eigenvalue weighted by Crippen LogP contribution is -2.74. The fourth-order valence-electron chi connectivity index (χ4n) is 3.52. The van der Waals surface area contributed by atoms with Gasteiger partial charge in [-0.3, -0.25) is 0 Å². The Bertz CT molecular complexity index is 806. The zero-order chi connectivity index (χ0) is 32.2. The minimum absolute atomic E-state index is 0.0650. The number of epoxide rings is 1. The predicted octanol–water partition coefficient (Wildman–Crippen LogP) is 9.31. The van der Waals surface area contributed by atoms with Gasteiger partial charge in [-0.25, -0.2) is 0 Å². The molecule has 0 aromatic rings. The van der Waals surface area contributed by atoms with Gasteiger partial charge < -0.3 is 9.47 Å². The fourth-order valence-corrected chi connectivity index (χ4v) is 3.52. The molecule has 41 heavy (non-hydrogen) atoms. The van der Waals surface area contributed by atoms with E-state index in [1.807, 2.05) is 0 Å². The molecule has 1 atom stereocenters. The Kier molecular flexibility index (Phi) is 12.1. The molecule has 1 fully saturated rings. The van der Waals surface area contributed by atoms with Crippen molar-refractivity contribution >= 4 is 0 Å². The number of rotatable bonds is 20. The maximum absolute atomic E-state index is 13.8. The molecule has 0 bridgehead atoms. The maximum Gasteiger partial charge on any atom is 0.460 e. The Morgan fingerprint density at radius 1 is 0.463 bits per heavy atom. The van der Waals surface area contributed by atoms with Crippen molar-refractivity contribution in [2.75, 3.05) is 19.8 Å². The molecule has 0 N–H and O–H groups in total. The zero-order valence-corrected chi connectivity index (χ0v) is 21.0. The summed E-state index contributed by atoms with van der Waals surface area (Å²) in [7, 11) is 0. The van der Waals surface area contributed by atoms with E-state index in [-0.39, 0.29) is 18.9 Å². The molecule has 19 heteroatoms. The van der Waals surface area contributed by atoms with Crippen molar-refractivity contribution in [3.63, 3.8) is 0 Å². The lowest BCUT2D eigenvalue weighted by atomic mass is 9.87. The number of hydrogen-bond donors (Lipinski definition) is 0. The van der Waals surface area contributed by atoms with Crippen LogP contribution in [0.4, 0.5) is 74.6 Å². The molecule has 0 spiro atoms. The summed E-state index contributed by atoms with van der Waals surface area (Å²) in [6.07, 6.45) is -7.46. The molecular formula is C22H27F17O2. The highest BCUT2D eigenvalue weighted by Gasteiger charge is 2.95. The Labute approximate surface area is 222 Å². The molecule has 1 saturated heterocycles. The highest BCUT2D eigenvalue weighted by atomic mass is 19.4. The first-order valence-electron chi connectivity index (χ1n) is 12.2. The van der Waals surface area contributed by atoms with E-state index in [9.17, 15) is 74.6 Å². The van der Waals surface area contributed by atoms with Crippen LogP contribution in [0.2, 0.25) is 0 Å². The zero-order valence-electron chi connectivity index (χ0n) is 21.0. The molecule has 1 unspecified atom stereocenters. The van der Waals surface area contributed by atoms with Crippen LogP contribution < -0.4 is 0 Å². The standard InChI is InChI=1S/C22H27F17O2/c23-15(24,10-8-6-4-2-1-3-5-7-9-11-40-12-14-13-41-14)16(25,26)17(27,28)18(29,30)19(31,32)20(33,34)21(35,36)22(37,38)39/h14H,1-13H2. The maximum atomic E-state index is 13.8. The van der Waals surface area contributed by atoms with E-state index in [4.69, 9.17) is 9.47 Å². The summed E-state index contributed by atoms with van der Waals surface area (Å²) >= 11 is 0. The van der Waals surface area contributed by atoms with E-state index in [1.54, 1.807) is 0 Å². The van der Waals surface area contributed by atoms with E-state index in [0.717, 1.165) is 19.3 Å². The summed E-state index contributed by atoms with van der Waals surface area (Å²) in [5.74, 6) is -55.8. The second-order valence-corrected chi connectivity index (χ2v) is 9.61. The van der Waals surface area contributed by atoms with Gasteiger partial charge in [-0.1, -0.05) is 44.9 Å². The molecule has 1 rings (SSSR count). The van der Waals surface area contributed by atoms with E-state index in [0.29, 0.717) is 39.1 Å². The third-order valence-electron chi connectivity index (χ3n) is 6.27. The largest absolute Gasteiger partial charge is 0.460 e. The van der Waals surface area contributed by atoms with Crippen LogP contribution in [0.1, 0.15) is 64.2 Å². The first kappa shape index (κ1) is 37.8. The van der Waals surface area contributed by atoms with E-state index in [2.05, 4.69) is 0 Å². The molecule has 0 aliphatic carbocycles. The molecule has 1 aliphatic heterocycles. The van der Waals surface area contributed by atoms with Crippen molar-refractivity contribution in [3.05, 3.63) is 0 Å². The molecule has 1 aliphatic rings. The SMILES string of the molecule is FC(F)(F)C(F)(F)C(F)(F)C(F)(F)C(F)(F)C(F)(F)C(F)(F)C(F)(F)CCCCCCCCCCCOCC1CO1. The van der Waals surface area contributed by atoms with Crippen molar-refractivity contribution in [1.82, 2.24) is 0 Å². The van der Waals surface area contributed by atoms with Crippen LogP contribution in [0.15, 0.2) is 0 Å². The lowest BCUT2D eigenvalue weighted by Gasteiger charge is -2.42. The average Bonchev–Trinajstić information content (AvgIpc) is 3.65. The van der Waals surface area contributed by atoms with E-state index < -0.39 is 60.5 Å². The third-order valence-corrected chi connectivity index (χ3v) is 6.27. The van der Waals surface area contributed by atoms with Crippen molar-refractivity contribution in [2.45, 2.75) is 118 Å². The number of halogens is 17. The van der Waals surface area contributed by atoms with Crippen molar-refractivity contribution < 1.29 is 84.1 Å². The Balaban J connectivity index is 2.67. The molecule has 1 heterocycles. The van der Waals surface area contributed by atoms with Crippen LogP contribution in [-0.4, -0.2) is 73.6 Å². The Morgan fingerprint density at radius 2 is 0.805 bits per heavy atom. The fraction of sp³-hybridized carbons (Fsp3) is 1.00. The van der Waals surface area contributed by atoms with Crippen molar-refractivity contribution in [3.8, 4) is 0 Å². The van der Waals surface area contributed by atoms with E-state index >= 15 is 0 Å². The van der Waals surface area contributed by atoms with Crippen LogP contribution >= 0.6 is 0 Å². The summed E-state index contributed by atoms with van der Waals surface area (Å²) in [4.78, 5) is 0. The first-order valence-corrected chi connectivity index (χ1v) is 12.2. The number of ether oxygens (including phenoxy) is 2. The number of unbranched alkanes of at least 4 members (excludes halogenated alkanes) is 8. The van der Waals surface area contributed by atoms with Crippen LogP contribution in [0.3, 0.4) is 0 Å². The number of alkyl halides is 17. The molecule has 2 nitrogen and oxygen atoms in total. The smallest absolute Gasteiger partial charge is 0.379 e. The second-order valence-electron chi connectivity index (χ2n) is 9.61. The molecule has 0 aromatic carbocycles. The van der Waals surface area contributed by atoms with Crippen LogP contribution in [-0.2, 0) is 9.47 Å². The highest BCUT2D eigenvalue weighted by molar-refractivity contribution is 5.15. The first-order chi connectivity index (χ1) is 18.3. The normalized spacial score (nSPS) is 18.2. The summed E-state index contributed by atoms with van der Waals surface area (Å²) in [5, 5.41) is 0. The molecular weight excluding hydrogens is 619 g/mol. The van der Waals surface area contributed by atoms with Crippen LogP contribution in [0, 0.1) is 0 Å². The van der Waals surface area contributed by atoms with E-state index in [1.165, 1.54) is 0 Å². The summed E-state index contributed by atoms with van der Waals surface area (Å²) in [6.45, 7) is 1.67. The second kappa shape index (κ2) is 13.2. The summed E-state index contributed by atoms with van der Waals surface area (Å²) in [6, 6.07) is 0. The predicted molar refractivity (Wildman–Crippen MR) is 107 cm³/mol. The minimum atomic E-state index is -8.58. The van der Waals surface area contributed by atoms with Gasteiger partial charge in [0.05, 0.1) is 13.2 Å². The van der Waals surface area contributed by atoms with Gasteiger partial charge >= 0.3 is 47.6 Å². The van der Waals surface area contributed by atoms with Gasteiger partial charge in [-0.2, -0.15) is 74.6 Å². The van der Waals surface area contributed by atoms with Gasteiger partial charge in [0.15, 0.2) is 0 Å². The van der Waals surface area contributed by atoms with Gasteiger partial charge in [0.25, 0.3) is 0 Å².